The molecule has 1 aliphatic heterocycles. The maximum Gasteiger partial charge on any atom is 0.268 e. The number of anilines is 1. The minimum atomic E-state index is -0.524. The van der Waals surface area contributed by atoms with Gasteiger partial charge in [0.15, 0.2) is 6.10 Å². The Hall–Kier alpha value is -2.08. The minimum absolute atomic E-state index is 0.0170. The lowest BCUT2D eigenvalue weighted by Gasteiger charge is -2.33. The molecule has 1 aliphatic rings. The topological polar surface area (TPSA) is 61.9 Å². The van der Waals surface area contributed by atoms with E-state index in [1.807, 2.05) is 44.1 Å². The van der Waals surface area contributed by atoms with Gasteiger partial charge in [0.1, 0.15) is 12.3 Å². The Bertz CT molecular complexity index is 545. The summed E-state index contributed by atoms with van der Waals surface area (Å²) in [6.45, 7) is 3.23. The maximum atomic E-state index is 12.4. The number of carbonyl (C=O) groups excluding carboxylic acids is 2. The second-order valence-corrected chi connectivity index (χ2v) is 5.56. The molecule has 2 amide bonds. The van der Waals surface area contributed by atoms with Crippen molar-refractivity contribution in [2.75, 3.05) is 38.6 Å². The molecule has 0 unspecified atom stereocenters. The SMILES string of the molecule is CC[C@@H]1Oc2ccccc2N(CC(=O)NCCN(C)C)C1=O. The van der Waals surface area contributed by atoms with E-state index >= 15 is 0 Å². The number of hydrogen-bond acceptors (Lipinski definition) is 4. The number of fused-ring (bicyclic) bond motifs is 1. The molecule has 1 atom stereocenters. The number of likely N-dealkylation sites (N-methyl/N-ethyl adjacent to an activating group) is 1. The Morgan fingerprint density at radius 2 is 2.09 bits per heavy atom. The summed E-state index contributed by atoms with van der Waals surface area (Å²) in [7, 11) is 3.89. The van der Waals surface area contributed by atoms with Crippen molar-refractivity contribution in [3.63, 3.8) is 0 Å². The molecule has 22 heavy (non-hydrogen) atoms. The Morgan fingerprint density at radius 3 is 2.77 bits per heavy atom. The number of hydrogen-bond donors (Lipinski definition) is 1. The van der Waals surface area contributed by atoms with Crippen LogP contribution in [-0.4, -0.2) is 56.5 Å². The van der Waals surface area contributed by atoms with E-state index in [0.29, 0.717) is 24.4 Å². The molecule has 2 rings (SSSR count). The first-order valence-electron chi connectivity index (χ1n) is 7.51. The van der Waals surface area contributed by atoms with Crippen molar-refractivity contribution < 1.29 is 14.3 Å². The third-order valence-electron chi connectivity index (χ3n) is 3.52. The van der Waals surface area contributed by atoms with E-state index in [0.717, 1.165) is 6.54 Å². The van der Waals surface area contributed by atoms with Gasteiger partial charge in [0.25, 0.3) is 5.91 Å². The lowest BCUT2D eigenvalue weighted by Crippen LogP contribution is -2.50. The van der Waals surface area contributed by atoms with Gasteiger partial charge in [-0.05, 0) is 32.6 Å². The summed E-state index contributed by atoms with van der Waals surface area (Å²) in [6.07, 6.45) is 0.0517. The number of ether oxygens (including phenoxy) is 1. The van der Waals surface area contributed by atoms with Gasteiger partial charge in [-0.25, -0.2) is 0 Å². The summed E-state index contributed by atoms with van der Waals surface area (Å²) in [6, 6.07) is 7.31. The largest absolute Gasteiger partial charge is 0.478 e. The van der Waals surface area contributed by atoms with Crippen molar-refractivity contribution in [3.8, 4) is 5.75 Å². The molecule has 0 radical (unpaired) electrons. The minimum Gasteiger partial charge on any atom is -0.478 e. The molecular weight excluding hydrogens is 282 g/mol. The lowest BCUT2D eigenvalue weighted by molar-refractivity contribution is -0.129. The molecule has 1 heterocycles. The van der Waals surface area contributed by atoms with Gasteiger partial charge in [0.2, 0.25) is 5.91 Å². The standard InChI is InChI=1S/C16H23N3O3/c1-4-13-16(21)19(11-15(20)17-9-10-18(2)3)12-7-5-6-8-14(12)22-13/h5-8,13H,4,9-11H2,1-3H3,(H,17,20)/t13-/m0/s1. The number of nitrogens with one attached hydrogen (secondary N) is 1. The van der Waals surface area contributed by atoms with Crippen molar-refractivity contribution in [1.29, 1.82) is 0 Å². The third-order valence-corrected chi connectivity index (χ3v) is 3.52. The molecule has 0 aliphatic carbocycles. The number of carbonyl (C=O) groups is 2. The highest BCUT2D eigenvalue weighted by atomic mass is 16.5. The van der Waals surface area contributed by atoms with Gasteiger partial charge in [-0.3, -0.25) is 14.5 Å². The number of benzene rings is 1. The smallest absolute Gasteiger partial charge is 0.268 e. The van der Waals surface area contributed by atoms with Crippen LogP contribution in [0.2, 0.25) is 0 Å². The van der Waals surface area contributed by atoms with E-state index in [9.17, 15) is 9.59 Å². The predicted molar refractivity (Wildman–Crippen MR) is 85.1 cm³/mol. The van der Waals surface area contributed by atoms with Crippen LogP contribution in [0.4, 0.5) is 5.69 Å². The van der Waals surface area contributed by atoms with Crippen LogP contribution >= 0.6 is 0 Å². The van der Waals surface area contributed by atoms with Crippen molar-refractivity contribution in [2.24, 2.45) is 0 Å². The highest BCUT2D eigenvalue weighted by Gasteiger charge is 2.33. The van der Waals surface area contributed by atoms with Gasteiger partial charge in [-0.2, -0.15) is 0 Å². The number of para-hydroxylation sites is 2. The average molecular weight is 305 g/mol. The first-order valence-corrected chi connectivity index (χ1v) is 7.51. The highest BCUT2D eigenvalue weighted by Crippen LogP contribution is 2.34. The Kier molecular flexibility index (Phi) is 5.38. The summed E-state index contributed by atoms with van der Waals surface area (Å²) < 4.78 is 5.69. The number of rotatable bonds is 6. The zero-order valence-corrected chi connectivity index (χ0v) is 13.3. The van der Waals surface area contributed by atoms with E-state index < -0.39 is 6.10 Å². The second kappa shape index (κ2) is 7.26. The van der Waals surface area contributed by atoms with Crippen LogP contribution in [0.3, 0.4) is 0 Å². The van der Waals surface area contributed by atoms with Gasteiger partial charge < -0.3 is 15.0 Å². The molecule has 1 N–H and O–H groups in total. The molecule has 1 aromatic carbocycles. The summed E-state index contributed by atoms with van der Waals surface area (Å²) >= 11 is 0. The van der Waals surface area contributed by atoms with Crippen LogP contribution in [0.5, 0.6) is 5.75 Å². The van der Waals surface area contributed by atoms with Gasteiger partial charge in [-0.1, -0.05) is 19.1 Å². The van der Waals surface area contributed by atoms with E-state index in [1.165, 1.54) is 4.90 Å². The molecule has 0 aromatic heterocycles. The zero-order chi connectivity index (χ0) is 16.1. The van der Waals surface area contributed by atoms with E-state index in [1.54, 1.807) is 6.07 Å². The van der Waals surface area contributed by atoms with E-state index in [-0.39, 0.29) is 18.4 Å². The van der Waals surface area contributed by atoms with Crippen LogP contribution in [0, 0.1) is 0 Å². The van der Waals surface area contributed by atoms with Gasteiger partial charge >= 0.3 is 0 Å². The normalized spacial score (nSPS) is 17.2. The van der Waals surface area contributed by atoms with Crippen LogP contribution in [0.1, 0.15) is 13.3 Å². The fourth-order valence-electron chi connectivity index (χ4n) is 2.32. The van der Waals surface area contributed by atoms with Gasteiger partial charge in [0, 0.05) is 13.1 Å². The molecule has 0 spiro atoms. The third kappa shape index (κ3) is 3.76. The number of nitrogens with zero attached hydrogens (tertiary/aromatic N) is 2. The van der Waals surface area contributed by atoms with E-state index in [4.69, 9.17) is 4.74 Å². The van der Waals surface area contributed by atoms with E-state index in [2.05, 4.69) is 5.32 Å². The number of amides is 2. The molecule has 6 nitrogen and oxygen atoms in total. The fourth-order valence-corrected chi connectivity index (χ4v) is 2.32. The molecular formula is C16H23N3O3. The average Bonchev–Trinajstić information content (AvgIpc) is 2.49. The first kappa shape index (κ1) is 16.3. The highest BCUT2D eigenvalue weighted by molar-refractivity contribution is 6.03. The summed E-state index contributed by atoms with van der Waals surface area (Å²) in [5.74, 6) is 0.320. The van der Waals surface area contributed by atoms with Crippen molar-refractivity contribution in [2.45, 2.75) is 19.4 Å². The quantitative estimate of drug-likeness (QED) is 0.847. The maximum absolute atomic E-state index is 12.4. The predicted octanol–water partition coefficient (Wildman–Crippen LogP) is 0.868. The van der Waals surface area contributed by atoms with Crippen molar-refractivity contribution in [3.05, 3.63) is 24.3 Å². The lowest BCUT2D eigenvalue weighted by atomic mass is 10.1. The second-order valence-electron chi connectivity index (χ2n) is 5.56. The molecule has 0 bridgehead atoms. The zero-order valence-electron chi connectivity index (χ0n) is 13.3. The monoisotopic (exact) mass is 305 g/mol. The molecule has 120 valence electrons. The Balaban J connectivity index is 2.07. The van der Waals surface area contributed by atoms with Crippen molar-refractivity contribution >= 4 is 17.5 Å². The van der Waals surface area contributed by atoms with Gasteiger partial charge in [0.05, 0.1) is 5.69 Å². The summed E-state index contributed by atoms with van der Waals surface area (Å²) in [5, 5.41) is 2.83. The van der Waals surface area contributed by atoms with Crippen LogP contribution < -0.4 is 15.0 Å². The van der Waals surface area contributed by atoms with Gasteiger partial charge in [-0.15, -0.1) is 0 Å². The Morgan fingerprint density at radius 1 is 1.36 bits per heavy atom. The van der Waals surface area contributed by atoms with Crippen LogP contribution in [0.25, 0.3) is 0 Å². The molecule has 6 heteroatoms. The molecule has 0 saturated carbocycles. The summed E-state index contributed by atoms with van der Waals surface area (Å²) in [5.41, 5.74) is 0.653. The molecule has 0 fully saturated rings. The Labute approximate surface area is 131 Å². The van der Waals surface area contributed by atoms with Crippen LogP contribution in [0.15, 0.2) is 24.3 Å². The summed E-state index contributed by atoms with van der Waals surface area (Å²) in [4.78, 5) is 28.0. The first-order chi connectivity index (χ1) is 10.5. The fraction of sp³-hybridized carbons (Fsp3) is 0.500. The molecule has 0 saturated heterocycles. The molecule has 1 aromatic rings. The van der Waals surface area contributed by atoms with Crippen LogP contribution in [-0.2, 0) is 9.59 Å². The van der Waals surface area contributed by atoms with Crippen molar-refractivity contribution in [1.82, 2.24) is 10.2 Å².